The van der Waals surface area contributed by atoms with E-state index < -0.39 is 15.9 Å². The van der Waals surface area contributed by atoms with Crippen LogP contribution in [0.2, 0.25) is 5.02 Å². The minimum atomic E-state index is -3.79. The fourth-order valence-corrected chi connectivity index (χ4v) is 4.23. The molecule has 1 aromatic heterocycles. The van der Waals surface area contributed by atoms with Gasteiger partial charge in [-0.3, -0.25) is 4.79 Å². The summed E-state index contributed by atoms with van der Waals surface area (Å²) in [5.74, 6) is -0.0689. The van der Waals surface area contributed by atoms with Crippen molar-refractivity contribution in [1.29, 1.82) is 0 Å². The molecular weight excluding hydrogens is 480 g/mol. The Hall–Kier alpha value is -2.20. The molecule has 29 heavy (non-hydrogen) atoms. The van der Waals surface area contributed by atoms with Crippen molar-refractivity contribution in [2.24, 2.45) is 0 Å². The summed E-state index contributed by atoms with van der Waals surface area (Å²) in [6, 6.07) is 14.9. The van der Waals surface area contributed by atoms with Crippen LogP contribution < -0.4 is 5.32 Å². The Balaban J connectivity index is 1.77. The molecular formula is C19H18BrClN4O3S. The average Bonchev–Trinajstić information content (AvgIpc) is 3.02. The van der Waals surface area contributed by atoms with Gasteiger partial charge in [0.15, 0.2) is 0 Å². The molecule has 2 aromatic carbocycles. The molecule has 1 heterocycles. The average molecular weight is 498 g/mol. The number of nitrogens with zero attached hydrogens (tertiary/aromatic N) is 3. The molecule has 0 saturated heterocycles. The summed E-state index contributed by atoms with van der Waals surface area (Å²) < 4.78 is 28.6. The normalized spacial score (nSPS) is 11.6. The van der Waals surface area contributed by atoms with Crippen LogP contribution in [0.3, 0.4) is 0 Å². The van der Waals surface area contributed by atoms with Gasteiger partial charge in [-0.15, -0.1) is 0 Å². The molecule has 0 aliphatic carbocycles. The van der Waals surface area contributed by atoms with E-state index in [-0.39, 0.29) is 11.4 Å². The van der Waals surface area contributed by atoms with Crippen LogP contribution in [0.4, 0.5) is 5.82 Å². The zero-order valence-corrected chi connectivity index (χ0v) is 18.8. The minimum Gasteiger partial charge on any atom is -0.309 e. The summed E-state index contributed by atoms with van der Waals surface area (Å²) in [6.07, 6.45) is 0. The first kappa shape index (κ1) is 21.5. The van der Waals surface area contributed by atoms with E-state index in [1.54, 1.807) is 54.1 Å². The van der Waals surface area contributed by atoms with Crippen LogP contribution in [0, 0.1) is 6.92 Å². The van der Waals surface area contributed by atoms with Crippen LogP contribution in [0.25, 0.3) is 5.69 Å². The Morgan fingerprint density at radius 3 is 2.55 bits per heavy atom. The second kappa shape index (κ2) is 8.66. The lowest BCUT2D eigenvalue weighted by atomic mass is 10.3. The molecule has 0 aliphatic rings. The molecule has 0 unspecified atom stereocenters. The molecule has 7 nitrogen and oxygen atoms in total. The van der Waals surface area contributed by atoms with Crippen molar-refractivity contribution >= 4 is 49.3 Å². The molecule has 10 heteroatoms. The van der Waals surface area contributed by atoms with E-state index in [9.17, 15) is 13.2 Å². The highest BCUT2D eigenvalue weighted by Crippen LogP contribution is 2.21. The van der Waals surface area contributed by atoms with E-state index in [1.807, 2.05) is 0 Å². The fourth-order valence-electron chi connectivity index (χ4n) is 2.65. The van der Waals surface area contributed by atoms with Crippen LogP contribution >= 0.6 is 27.5 Å². The number of hydrogen-bond donors (Lipinski definition) is 1. The van der Waals surface area contributed by atoms with Crippen molar-refractivity contribution in [3.05, 3.63) is 69.8 Å². The fraction of sp³-hybridized carbons (Fsp3) is 0.158. The highest BCUT2D eigenvalue weighted by Gasteiger charge is 2.23. The Morgan fingerprint density at radius 2 is 1.90 bits per heavy atom. The smallest absolute Gasteiger partial charge is 0.243 e. The highest BCUT2D eigenvalue weighted by molar-refractivity contribution is 9.10. The third kappa shape index (κ3) is 5.05. The van der Waals surface area contributed by atoms with Gasteiger partial charge in [-0.25, -0.2) is 13.1 Å². The van der Waals surface area contributed by atoms with E-state index >= 15 is 0 Å². The van der Waals surface area contributed by atoms with Crippen molar-refractivity contribution in [2.45, 2.75) is 11.8 Å². The van der Waals surface area contributed by atoms with Crippen LogP contribution in [-0.2, 0) is 14.8 Å². The molecule has 0 fully saturated rings. The van der Waals surface area contributed by atoms with Gasteiger partial charge >= 0.3 is 0 Å². The predicted octanol–water partition coefficient (Wildman–Crippen LogP) is 3.86. The van der Waals surface area contributed by atoms with E-state index in [4.69, 9.17) is 11.6 Å². The van der Waals surface area contributed by atoms with Gasteiger partial charge in [0.05, 0.1) is 22.8 Å². The monoisotopic (exact) mass is 496 g/mol. The Bertz CT molecular complexity index is 1150. The molecule has 3 aromatic rings. The third-order valence-corrected chi connectivity index (χ3v) is 6.62. The lowest BCUT2D eigenvalue weighted by Crippen LogP contribution is -2.35. The molecule has 0 saturated carbocycles. The first-order chi connectivity index (χ1) is 13.7. The molecule has 0 bridgehead atoms. The number of nitrogens with one attached hydrogen (secondary N) is 1. The number of carbonyl (C=O) groups excluding carboxylic acids is 1. The van der Waals surface area contributed by atoms with Gasteiger partial charge in [0.2, 0.25) is 15.9 Å². The van der Waals surface area contributed by atoms with Crippen LogP contribution in [0.1, 0.15) is 5.69 Å². The number of likely N-dealkylation sites (N-methyl/N-ethyl adjacent to an activating group) is 1. The molecule has 0 spiro atoms. The number of aromatic nitrogens is 2. The van der Waals surface area contributed by atoms with Gasteiger partial charge in [0, 0.05) is 22.6 Å². The summed E-state index contributed by atoms with van der Waals surface area (Å²) in [4.78, 5) is 12.6. The summed E-state index contributed by atoms with van der Waals surface area (Å²) in [5, 5.41) is 7.62. The molecule has 152 valence electrons. The summed E-state index contributed by atoms with van der Waals surface area (Å²) >= 11 is 9.31. The van der Waals surface area contributed by atoms with Crippen LogP contribution in [0.15, 0.2) is 64.0 Å². The van der Waals surface area contributed by atoms with Crippen molar-refractivity contribution in [3.8, 4) is 5.69 Å². The number of anilines is 1. The molecule has 3 rings (SSSR count). The zero-order chi connectivity index (χ0) is 21.2. The van der Waals surface area contributed by atoms with Gasteiger partial charge < -0.3 is 5.32 Å². The SMILES string of the molecule is Cc1cc(NC(=O)CN(C)S(=O)(=O)c2ccc(Br)cc2)n(-c2cccc(Cl)c2)n1. The molecule has 0 aliphatic heterocycles. The van der Waals surface area contributed by atoms with Gasteiger partial charge in [-0.1, -0.05) is 33.6 Å². The van der Waals surface area contributed by atoms with Crippen LogP contribution in [-0.4, -0.2) is 42.0 Å². The Kier molecular flexibility index (Phi) is 6.42. The maximum atomic E-state index is 12.7. The number of carbonyl (C=O) groups is 1. The second-order valence-electron chi connectivity index (χ2n) is 6.33. The Labute approximate surface area is 182 Å². The lowest BCUT2D eigenvalue weighted by Gasteiger charge is -2.17. The standard InChI is InChI=1S/C19H18BrClN4O3S/c1-13-10-18(25(23-13)16-5-3-4-15(21)11-16)22-19(26)12-24(2)29(27,28)17-8-6-14(20)7-9-17/h3-11H,12H2,1-2H3,(H,22,26). The summed E-state index contributed by atoms with van der Waals surface area (Å²) in [6.45, 7) is 1.44. The van der Waals surface area contributed by atoms with E-state index in [2.05, 4.69) is 26.3 Å². The number of benzene rings is 2. The molecule has 1 N–H and O–H groups in total. The Morgan fingerprint density at radius 1 is 1.21 bits per heavy atom. The van der Waals surface area contributed by atoms with Gasteiger partial charge in [0.25, 0.3) is 0 Å². The van der Waals surface area contributed by atoms with E-state index in [0.717, 1.165) is 8.78 Å². The maximum absolute atomic E-state index is 12.7. The van der Waals surface area contributed by atoms with E-state index in [0.29, 0.717) is 22.2 Å². The lowest BCUT2D eigenvalue weighted by molar-refractivity contribution is -0.116. The van der Waals surface area contributed by atoms with Crippen molar-refractivity contribution in [2.75, 3.05) is 18.9 Å². The molecule has 1 amide bonds. The van der Waals surface area contributed by atoms with Gasteiger partial charge in [0.1, 0.15) is 5.82 Å². The van der Waals surface area contributed by atoms with Crippen LogP contribution in [0.5, 0.6) is 0 Å². The number of sulfonamides is 1. The zero-order valence-electron chi connectivity index (χ0n) is 15.6. The summed E-state index contributed by atoms with van der Waals surface area (Å²) in [7, 11) is -2.44. The number of aryl methyl sites for hydroxylation is 1. The third-order valence-electron chi connectivity index (χ3n) is 4.04. The quantitative estimate of drug-likeness (QED) is 0.560. The van der Waals surface area contributed by atoms with Crippen molar-refractivity contribution in [1.82, 2.24) is 14.1 Å². The van der Waals surface area contributed by atoms with Crippen molar-refractivity contribution < 1.29 is 13.2 Å². The maximum Gasteiger partial charge on any atom is 0.243 e. The number of rotatable bonds is 6. The topological polar surface area (TPSA) is 84.3 Å². The molecule has 0 atom stereocenters. The van der Waals surface area contributed by atoms with Gasteiger partial charge in [-0.2, -0.15) is 9.40 Å². The predicted molar refractivity (Wildman–Crippen MR) is 116 cm³/mol. The number of hydrogen-bond acceptors (Lipinski definition) is 4. The minimum absolute atomic E-state index is 0.107. The first-order valence-electron chi connectivity index (χ1n) is 8.51. The second-order valence-corrected chi connectivity index (χ2v) is 9.72. The van der Waals surface area contributed by atoms with Gasteiger partial charge in [-0.05, 0) is 49.4 Å². The van der Waals surface area contributed by atoms with E-state index in [1.165, 1.54) is 19.2 Å². The number of amides is 1. The first-order valence-corrected chi connectivity index (χ1v) is 11.1. The highest BCUT2D eigenvalue weighted by atomic mass is 79.9. The summed E-state index contributed by atoms with van der Waals surface area (Å²) in [5.41, 5.74) is 1.37. The largest absolute Gasteiger partial charge is 0.309 e. The molecule has 0 radical (unpaired) electrons. The van der Waals surface area contributed by atoms with Crippen molar-refractivity contribution in [3.63, 3.8) is 0 Å². The number of halogens is 2.